The minimum atomic E-state index is -0.231. The second-order valence-electron chi connectivity index (χ2n) is 5.37. The van der Waals surface area contributed by atoms with E-state index in [1.807, 2.05) is 30.3 Å². The third kappa shape index (κ3) is 4.95. The number of carbonyl (C=O) groups is 1. The number of hydrogen-bond donors (Lipinski definition) is 2. The number of rotatable bonds is 6. The smallest absolute Gasteiger partial charge is 0.314 e. The summed E-state index contributed by atoms with van der Waals surface area (Å²) in [7, 11) is 0. The Morgan fingerprint density at radius 3 is 2.57 bits per heavy atom. The van der Waals surface area contributed by atoms with E-state index in [0.717, 1.165) is 12.1 Å². The van der Waals surface area contributed by atoms with Crippen molar-refractivity contribution in [2.75, 3.05) is 13.1 Å². The van der Waals surface area contributed by atoms with Gasteiger partial charge in [0.15, 0.2) is 0 Å². The standard InChI is InChI=1S/C17H22N4O2/c1-13-14(2)20-12-21(16(13)22)11-10-19-17(23)18-9-8-15-6-4-3-5-7-15/h3-7,12H,8-11H2,1-2H3,(H2,18,19,23). The largest absolute Gasteiger partial charge is 0.338 e. The van der Waals surface area contributed by atoms with Crippen molar-refractivity contribution in [3.8, 4) is 0 Å². The zero-order chi connectivity index (χ0) is 16.7. The Morgan fingerprint density at radius 1 is 1.13 bits per heavy atom. The molecular formula is C17H22N4O2. The molecule has 122 valence electrons. The molecule has 0 aliphatic rings. The van der Waals surface area contributed by atoms with Crippen LogP contribution in [0.15, 0.2) is 41.5 Å². The van der Waals surface area contributed by atoms with Crippen LogP contribution in [-0.4, -0.2) is 28.7 Å². The predicted octanol–water partition coefficient (Wildman–Crippen LogP) is 1.40. The van der Waals surface area contributed by atoms with Crippen molar-refractivity contribution in [2.45, 2.75) is 26.8 Å². The van der Waals surface area contributed by atoms with Gasteiger partial charge in [0.2, 0.25) is 0 Å². The molecule has 2 aromatic rings. The summed E-state index contributed by atoms with van der Waals surface area (Å²) in [5, 5.41) is 5.54. The van der Waals surface area contributed by atoms with Crippen LogP contribution in [0.2, 0.25) is 0 Å². The van der Waals surface area contributed by atoms with Crippen molar-refractivity contribution in [3.05, 3.63) is 63.8 Å². The fraction of sp³-hybridized carbons (Fsp3) is 0.353. The first-order valence-electron chi connectivity index (χ1n) is 7.66. The average molecular weight is 314 g/mol. The lowest BCUT2D eigenvalue weighted by Gasteiger charge is -2.10. The van der Waals surface area contributed by atoms with E-state index in [4.69, 9.17) is 0 Å². The molecule has 2 amide bonds. The minimum absolute atomic E-state index is 0.0659. The first kappa shape index (κ1) is 16.7. The Hall–Kier alpha value is -2.63. The number of benzene rings is 1. The lowest BCUT2D eigenvalue weighted by molar-refractivity contribution is 0.240. The fourth-order valence-electron chi connectivity index (χ4n) is 2.15. The number of urea groups is 1. The summed E-state index contributed by atoms with van der Waals surface area (Å²) in [4.78, 5) is 27.8. The first-order valence-corrected chi connectivity index (χ1v) is 7.66. The Balaban J connectivity index is 1.71. The monoisotopic (exact) mass is 314 g/mol. The SMILES string of the molecule is Cc1ncn(CCNC(=O)NCCc2ccccc2)c(=O)c1C. The number of carbonyl (C=O) groups excluding carboxylic acids is 1. The molecule has 6 heteroatoms. The molecule has 0 aliphatic carbocycles. The highest BCUT2D eigenvalue weighted by Gasteiger charge is 2.04. The van der Waals surface area contributed by atoms with Gasteiger partial charge >= 0.3 is 6.03 Å². The molecule has 2 N–H and O–H groups in total. The van der Waals surface area contributed by atoms with Crippen LogP contribution in [0.25, 0.3) is 0 Å². The third-order valence-electron chi connectivity index (χ3n) is 3.70. The van der Waals surface area contributed by atoms with Crippen LogP contribution in [0, 0.1) is 13.8 Å². The normalized spacial score (nSPS) is 10.3. The Morgan fingerprint density at radius 2 is 1.83 bits per heavy atom. The zero-order valence-corrected chi connectivity index (χ0v) is 13.5. The molecule has 0 saturated heterocycles. The molecule has 0 unspecified atom stereocenters. The number of aromatic nitrogens is 2. The highest BCUT2D eigenvalue weighted by atomic mass is 16.2. The number of amides is 2. The zero-order valence-electron chi connectivity index (χ0n) is 13.5. The summed E-state index contributed by atoms with van der Waals surface area (Å²) >= 11 is 0. The summed E-state index contributed by atoms with van der Waals surface area (Å²) in [6.07, 6.45) is 2.30. The second kappa shape index (κ2) is 8.12. The number of nitrogens with zero attached hydrogens (tertiary/aromatic N) is 2. The Kier molecular flexibility index (Phi) is 5.91. The molecule has 0 aliphatic heterocycles. The van der Waals surface area contributed by atoms with Crippen molar-refractivity contribution in [2.24, 2.45) is 0 Å². The van der Waals surface area contributed by atoms with E-state index in [2.05, 4.69) is 15.6 Å². The summed E-state index contributed by atoms with van der Waals surface area (Å²) in [5.41, 5.74) is 2.49. The van der Waals surface area contributed by atoms with Gasteiger partial charge in [-0.2, -0.15) is 0 Å². The van der Waals surface area contributed by atoms with Gasteiger partial charge in [0, 0.05) is 30.9 Å². The van der Waals surface area contributed by atoms with Crippen molar-refractivity contribution < 1.29 is 4.79 Å². The molecule has 0 bridgehead atoms. The molecule has 0 atom stereocenters. The molecule has 0 fully saturated rings. The maximum atomic E-state index is 12.0. The lowest BCUT2D eigenvalue weighted by Crippen LogP contribution is -2.39. The van der Waals surface area contributed by atoms with Gasteiger partial charge in [-0.15, -0.1) is 0 Å². The third-order valence-corrected chi connectivity index (χ3v) is 3.70. The van der Waals surface area contributed by atoms with E-state index in [0.29, 0.717) is 25.2 Å². The highest BCUT2D eigenvalue weighted by molar-refractivity contribution is 5.73. The molecule has 2 rings (SSSR count). The van der Waals surface area contributed by atoms with Crippen molar-refractivity contribution in [1.82, 2.24) is 20.2 Å². The fourth-order valence-corrected chi connectivity index (χ4v) is 2.15. The number of aryl methyl sites for hydroxylation is 1. The van der Waals surface area contributed by atoms with Crippen molar-refractivity contribution >= 4 is 6.03 Å². The van der Waals surface area contributed by atoms with Gasteiger partial charge < -0.3 is 10.6 Å². The van der Waals surface area contributed by atoms with Crippen LogP contribution in [0.4, 0.5) is 4.79 Å². The van der Waals surface area contributed by atoms with Gasteiger partial charge in [-0.05, 0) is 25.8 Å². The highest BCUT2D eigenvalue weighted by Crippen LogP contribution is 1.98. The second-order valence-corrected chi connectivity index (χ2v) is 5.37. The summed E-state index contributed by atoms with van der Waals surface area (Å²) < 4.78 is 1.51. The molecule has 1 heterocycles. The maximum absolute atomic E-state index is 12.0. The van der Waals surface area contributed by atoms with Gasteiger partial charge in [0.25, 0.3) is 5.56 Å². The molecule has 1 aromatic heterocycles. The Bertz CT molecular complexity index is 710. The lowest BCUT2D eigenvalue weighted by atomic mass is 10.1. The van der Waals surface area contributed by atoms with Gasteiger partial charge in [0.1, 0.15) is 0 Å². The van der Waals surface area contributed by atoms with Crippen LogP contribution < -0.4 is 16.2 Å². The quantitative estimate of drug-likeness (QED) is 0.846. The molecule has 23 heavy (non-hydrogen) atoms. The number of hydrogen-bond acceptors (Lipinski definition) is 3. The van der Waals surface area contributed by atoms with E-state index in [1.165, 1.54) is 16.5 Å². The van der Waals surface area contributed by atoms with E-state index in [9.17, 15) is 9.59 Å². The number of nitrogens with one attached hydrogen (secondary N) is 2. The van der Waals surface area contributed by atoms with Gasteiger partial charge in [0.05, 0.1) is 6.33 Å². The van der Waals surface area contributed by atoms with Crippen LogP contribution in [0.1, 0.15) is 16.8 Å². The van der Waals surface area contributed by atoms with Crippen LogP contribution in [0.3, 0.4) is 0 Å². The average Bonchev–Trinajstić information content (AvgIpc) is 2.56. The van der Waals surface area contributed by atoms with E-state index >= 15 is 0 Å². The van der Waals surface area contributed by atoms with E-state index < -0.39 is 0 Å². The Labute approximate surface area is 135 Å². The van der Waals surface area contributed by atoms with E-state index in [-0.39, 0.29) is 11.6 Å². The summed E-state index contributed by atoms with van der Waals surface area (Å²) in [6, 6.07) is 9.74. The van der Waals surface area contributed by atoms with Crippen molar-refractivity contribution in [3.63, 3.8) is 0 Å². The topological polar surface area (TPSA) is 76.0 Å². The van der Waals surface area contributed by atoms with E-state index in [1.54, 1.807) is 13.8 Å². The van der Waals surface area contributed by atoms with Crippen LogP contribution in [-0.2, 0) is 13.0 Å². The van der Waals surface area contributed by atoms with Crippen LogP contribution >= 0.6 is 0 Å². The van der Waals surface area contributed by atoms with Gasteiger partial charge in [-0.1, -0.05) is 30.3 Å². The summed E-state index contributed by atoms with van der Waals surface area (Å²) in [6.45, 7) is 4.91. The van der Waals surface area contributed by atoms with Gasteiger partial charge in [-0.25, -0.2) is 9.78 Å². The van der Waals surface area contributed by atoms with Gasteiger partial charge in [-0.3, -0.25) is 9.36 Å². The molecule has 1 aromatic carbocycles. The maximum Gasteiger partial charge on any atom is 0.314 e. The van der Waals surface area contributed by atoms with Crippen molar-refractivity contribution in [1.29, 1.82) is 0 Å². The molecular weight excluding hydrogens is 292 g/mol. The molecule has 0 saturated carbocycles. The molecule has 6 nitrogen and oxygen atoms in total. The summed E-state index contributed by atoms with van der Waals surface area (Å²) in [5.74, 6) is 0. The molecule has 0 spiro atoms. The predicted molar refractivity (Wildman–Crippen MR) is 89.5 cm³/mol. The van der Waals surface area contributed by atoms with Crippen LogP contribution in [0.5, 0.6) is 0 Å². The molecule has 0 radical (unpaired) electrons. The minimum Gasteiger partial charge on any atom is -0.338 e. The first-order chi connectivity index (χ1) is 11.1.